The Bertz CT molecular complexity index is 610. The maximum atomic E-state index is 10.7. The molecule has 0 saturated carbocycles. The van der Waals surface area contributed by atoms with Crippen LogP contribution in [0.25, 0.3) is 5.65 Å². The number of nitro groups is 1. The molecule has 0 bridgehead atoms. The lowest BCUT2D eigenvalue weighted by atomic mass is 10.3. The van der Waals surface area contributed by atoms with Gasteiger partial charge in [-0.3, -0.25) is 19.3 Å². The van der Waals surface area contributed by atoms with Crippen LogP contribution in [0.2, 0.25) is 5.02 Å². The van der Waals surface area contributed by atoms with Crippen molar-refractivity contribution in [3.05, 3.63) is 39.3 Å². The minimum absolute atomic E-state index is 0.0359. The number of rotatable bonds is 5. The molecule has 18 heavy (non-hydrogen) atoms. The maximum Gasteiger partial charge on any atom is 0.304 e. The second kappa shape index (κ2) is 5.01. The Balaban J connectivity index is 2.33. The van der Waals surface area contributed by atoms with Crippen molar-refractivity contribution in [3.63, 3.8) is 0 Å². The number of halogens is 1. The summed E-state index contributed by atoms with van der Waals surface area (Å²) in [6.45, 7) is 0.570. The van der Waals surface area contributed by atoms with E-state index in [0.29, 0.717) is 24.2 Å². The van der Waals surface area contributed by atoms with E-state index in [4.69, 9.17) is 11.6 Å². The number of hydrogen-bond acceptors (Lipinski definition) is 5. The fourth-order valence-electron chi connectivity index (χ4n) is 1.52. The van der Waals surface area contributed by atoms with Crippen molar-refractivity contribution < 1.29 is 14.5 Å². The molecule has 0 aliphatic heterocycles. The average Bonchev–Trinajstić information content (AvgIpc) is 2.69. The number of pyridine rings is 1. The number of carbonyl (C=O) groups is 1. The Kier molecular flexibility index (Phi) is 3.42. The minimum atomic E-state index is -0.559. The standard InChI is InChI=1S/C10H8ClN3O4/c11-8-3-10-12-7(1-2-18-6-15)4-13(10)5-9(8)14(16)17/h3-6H,1-2H2. The Morgan fingerprint density at radius 3 is 3.00 bits per heavy atom. The molecule has 0 N–H and O–H groups in total. The molecule has 0 saturated heterocycles. The Hall–Kier alpha value is -2.15. The highest BCUT2D eigenvalue weighted by molar-refractivity contribution is 6.32. The summed E-state index contributed by atoms with van der Waals surface area (Å²) in [6.07, 6.45) is 3.37. The number of ether oxygens (including phenoxy) is 1. The van der Waals surface area contributed by atoms with Crippen LogP contribution in [0.4, 0.5) is 5.69 Å². The number of carbonyl (C=O) groups excluding carboxylic acids is 1. The van der Waals surface area contributed by atoms with Crippen molar-refractivity contribution in [2.45, 2.75) is 6.42 Å². The summed E-state index contributed by atoms with van der Waals surface area (Å²) in [4.78, 5) is 24.4. The van der Waals surface area contributed by atoms with E-state index in [2.05, 4.69) is 9.72 Å². The van der Waals surface area contributed by atoms with E-state index in [1.807, 2.05) is 0 Å². The van der Waals surface area contributed by atoms with E-state index in [9.17, 15) is 14.9 Å². The van der Waals surface area contributed by atoms with Gasteiger partial charge in [-0.25, -0.2) is 4.98 Å². The highest BCUT2D eigenvalue weighted by Crippen LogP contribution is 2.25. The summed E-state index contributed by atoms with van der Waals surface area (Å²) in [5, 5.41) is 10.7. The molecule has 2 rings (SSSR count). The molecular formula is C10H8ClN3O4. The largest absolute Gasteiger partial charge is 0.467 e. The zero-order valence-corrected chi connectivity index (χ0v) is 9.83. The molecule has 0 amide bonds. The van der Waals surface area contributed by atoms with Crippen LogP contribution in [0, 0.1) is 10.1 Å². The SMILES string of the molecule is O=COCCc1cn2cc([N+](=O)[O-])c(Cl)cc2n1. The number of aromatic nitrogens is 2. The van der Waals surface area contributed by atoms with Crippen LogP contribution in [-0.4, -0.2) is 27.4 Å². The highest BCUT2D eigenvalue weighted by atomic mass is 35.5. The van der Waals surface area contributed by atoms with Gasteiger partial charge in [0, 0.05) is 18.7 Å². The molecule has 0 fully saturated rings. The lowest BCUT2D eigenvalue weighted by Crippen LogP contribution is -1.96. The molecule has 0 aromatic carbocycles. The van der Waals surface area contributed by atoms with Crippen molar-refractivity contribution in [1.29, 1.82) is 0 Å². The van der Waals surface area contributed by atoms with E-state index in [0.717, 1.165) is 0 Å². The van der Waals surface area contributed by atoms with Crippen molar-refractivity contribution >= 4 is 29.4 Å². The highest BCUT2D eigenvalue weighted by Gasteiger charge is 2.14. The van der Waals surface area contributed by atoms with Gasteiger partial charge in [0.25, 0.3) is 6.47 Å². The van der Waals surface area contributed by atoms with Gasteiger partial charge >= 0.3 is 5.69 Å². The summed E-state index contributed by atoms with van der Waals surface area (Å²) < 4.78 is 6.07. The molecule has 0 radical (unpaired) electrons. The smallest absolute Gasteiger partial charge is 0.304 e. The first-order valence-corrected chi connectivity index (χ1v) is 5.36. The number of fused-ring (bicyclic) bond motifs is 1. The predicted octanol–water partition coefficient (Wildman–Crippen LogP) is 1.61. The fraction of sp³-hybridized carbons (Fsp3) is 0.200. The monoisotopic (exact) mass is 269 g/mol. The third kappa shape index (κ3) is 2.40. The van der Waals surface area contributed by atoms with Crippen LogP contribution in [0.5, 0.6) is 0 Å². The zero-order valence-electron chi connectivity index (χ0n) is 9.08. The van der Waals surface area contributed by atoms with E-state index >= 15 is 0 Å². The average molecular weight is 270 g/mol. The molecular weight excluding hydrogens is 262 g/mol. The number of imidazole rings is 1. The molecule has 2 aromatic heterocycles. The van der Waals surface area contributed by atoms with Crippen LogP contribution in [0.1, 0.15) is 5.69 Å². The molecule has 0 spiro atoms. The summed E-state index contributed by atoms with van der Waals surface area (Å²) >= 11 is 5.77. The Labute approximate surface area is 106 Å². The van der Waals surface area contributed by atoms with Gasteiger partial charge in [-0.05, 0) is 0 Å². The lowest BCUT2D eigenvalue weighted by molar-refractivity contribution is -0.385. The van der Waals surface area contributed by atoms with Gasteiger partial charge in [-0.15, -0.1) is 0 Å². The second-order valence-electron chi connectivity index (χ2n) is 3.48. The first-order chi connectivity index (χ1) is 8.61. The van der Waals surface area contributed by atoms with E-state index in [1.54, 1.807) is 6.20 Å². The first-order valence-electron chi connectivity index (χ1n) is 4.98. The molecule has 0 atom stereocenters. The minimum Gasteiger partial charge on any atom is -0.467 e. The van der Waals surface area contributed by atoms with Gasteiger partial charge in [0.15, 0.2) is 0 Å². The Morgan fingerprint density at radius 1 is 1.56 bits per heavy atom. The molecule has 94 valence electrons. The van der Waals surface area contributed by atoms with Crippen LogP contribution >= 0.6 is 11.6 Å². The van der Waals surface area contributed by atoms with Crippen LogP contribution in [0.3, 0.4) is 0 Å². The van der Waals surface area contributed by atoms with E-state index < -0.39 is 4.92 Å². The quantitative estimate of drug-likeness (QED) is 0.356. The number of nitrogens with zero attached hydrogens (tertiary/aromatic N) is 3. The van der Waals surface area contributed by atoms with Crippen LogP contribution in [0.15, 0.2) is 18.5 Å². The van der Waals surface area contributed by atoms with Crippen molar-refractivity contribution in [2.24, 2.45) is 0 Å². The topological polar surface area (TPSA) is 86.7 Å². The summed E-state index contributed by atoms with van der Waals surface area (Å²) in [7, 11) is 0. The summed E-state index contributed by atoms with van der Waals surface area (Å²) in [5.74, 6) is 0. The first kappa shape index (κ1) is 12.3. The second-order valence-corrected chi connectivity index (χ2v) is 3.89. The third-order valence-electron chi connectivity index (χ3n) is 2.31. The third-order valence-corrected chi connectivity index (χ3v) is 2.62. The Morgan fingerprint density at radius 2 is 2.33 bits per heavy atom. The summed E-state index contributed by atoms with van der Waals surface area (Å²) in [5.41, 5.74) is 0.984. The lowest BCUT2D eigenvalue weighted by Gasteiger charge is -1.96. The van der Waals surface area contributed by atoms with Gasteiger partial charge < -0.3 is 4.74 Å². The van der Waals surface area contributed by atoms with Crippen molar-refractivity contribution in [1.82, 2.24) is 9.38 Å². The molecule has 2 heterocycles. The normalized spacial score (nSPS) is 10.5. The van der Waals surface area contributed by atoms with Crippen molar-refractivity contribution in [3.8, 4) is 0 Å². The predicted molar refractivity (Wildman–Crippen MR) is 62.6 cm³/mol. The molecule has 8 heteroatoms. The molecule has 7 nitrogen and oxygen atoms in total. The van der Waals surface area contributed by atoms with Crippen molar-refractivity contribution in [2.75, 3.05) is 6.61 Å². The van der Waals surface area contributed by atoms with Gasteiger partial charge in [0.1, 0.15) is 10.7 Å². The zero-order chi connectivity index (χ0) is 13.1. The van der Waals surface area contributed by atoms with Gasteiger partial charge in [-0.1, -0.05) is 11.6 Å². The molecule has 0 unspecified atom stereocenters. The maximum absolute atomic E-state index is 10.7. The van der Waals surface area contributed by atoms with Gasteiger partial charge in [0.05, 0.1) is 23.4 Å². The molecule has 0 aliphatic rings. The summed E-state index contributed by atoms with van der Waals surface area (Å²) in [6, 6.07) is 1.42. The fourth-order valence-corrected chi connectivity index (χ4v) is 1.73. The number of hydrogen-bond donors (Lipinski definition) is 0. The van der Waals surface area contributed by atoms with E-state index in [-0.39, 0.29) is 17.3 Å². The van der Waals surface area contributed by atoms with Gasteiger partial charge in [-0.2, -0.15) is 0 Å². The molecule has 2 aromatic rings. The molecule has 0 aliphatic carbocycles. The van der Waals surface area contributed by atoms with Crippen LogP contribution < -0.4 is 0 Å². The van der Waals surface area contributed by atoms with Gasteiger partial charge in [0.2, 0.25) is 0 Å². The van der Waals surface area contributed by atoms with Crippen LogP contribution in [-0.2, 0) is 16.0 Å². The van der Waals surface area contributed by atoms with E-state index in [1.165, 1.54) is 16.7 Å².